The molecule has 0 amide bonds. The Bertz CT molecular complexity index is 263. The molecule has 0 aliphatic heterocycles. The average molecular weight is 243 g/mol. The third kappa shape index (κ3) is 7.52. The van der Waals surface area contributed by atoms with E-state index in [4.69, 9.17) is 14.7 Å². The van der Waals surface area contributed by atoms with Gasteiger partial charge in [0.1, 0.15) is 0 Å². The van der Waals surface area contributed by atoms with Crippen molar-refractivity contribution >= 4 is 11.7 Å². The minimum atomic E-state index is -0.561. The third-order valence-electron chi connectivity index (χ3n) is 2.16. The van der Waals surface area contributed by atoms with Gasteiger partial charge in [-0.2, -0.15) is 0 Å². The number of carbonyl (C=O) groups excluding carboxylic acids is 1. The standard InChI is InChI=1S/C12H21NO4/c1-4-7-16-8-6-10(3)9-11(13-15)12(14)17-5-2/h4,10,15H,1,5-9H2,2-3H3/b13-11+/t10-/m1/s1. The minimum absolute atomic E-state index is 0.0584. The van der Waals surface area contributed by atoms with E-state index in [1.807, 2.05) is 6.92 Å². The number of nitrogens with zero attached hydrogens (tertiary/aromatic N) is 1. The summed E-state index contributed by atoms with van der Waals surface area (Å²) in [5.74, 6) is -0.371. The van der Waals surface area contributed by atoms with Gasteiger partial charge in [-0.1, -0.05) is 18.2 Å². The molecule has 0 fully saturated rings. The van der Waals surface area contributed by atoms with Gasteiger partial charge in [0.15, 0.2) is 5.71 Å². The number of esters is 1. The molecule has 1 atom stereocenters. The fraction of sp³-hybridized carbons (Fsp3) is 0.667. The summed E-state index contributed by atoms with van der Waals surface area (Å²) in [7, 11) is 0. The van der Waals surface area contributed by atoms with Gasteiger partial charge >= 0.3 is 5.97 Å². The van der Waals surface area contributed by atoms with E-state index >= 15 is 0 Å². The van der Waals surface area contributed by atoms with Crippen LogP contribution in [0, 0.1) is 5.92 Å². The number of carbonyl (C=O) groups is 1. The third-order valence-corrected chi connectivity index (χ3v) is 2.16. The Labute approximate surface area is 102 Å². The quantitative estimate of drug-likeness (QED) is 0.168. The van der Waals surface area contributed by atoms with Crippen LogP contribution in [-0.4, -0.2) is 36.7 Å². The zero-order valence-electron chi connectivity index (χ0n) is 10.5. The maximum Gasteiger partial charge on any atom is 0.356 e. The van der Waals surface area contributed by atoms with Gasteiger partial charge in [0, 0.05) is 13.0 Å². The van der Waals surface area contributed by atoms with Gasteiger partial charge in [-0.15, -0.1) is 6.58 Å². The Balaban J connectivity index is 3.94. The second kappa shape index (κ2) is 9.84. The van der Waals surface area contributed by atoms with Gasteiger partial charge in [0.05, 0.1) is 13.2 Å². The van der Waals surface area contributed by atoms with Crippen molar-refractivity contribution in [1.29, 1.82) is 0 Å². The number of hydrogen-bond acceptors (Lipinski definition) is 5. The van der Waals surface area contributed by atoms with E-state index in [1.165, 1.54) is 0 Å². The smallest absolute Gasteiger partial charge is 0.356 e. The first-order valence-electron chi connectivity index (χ1n) is 5.72. The molecule has 0 aromatic carbocycles. The highest BCUT2D eigenvalue weighted by molar-refractivity contribution is 6.36. The topological polar surface area (TPSA) is 68.1 Å². The molecule has 5 nitrogen and oxygen atoms in total. The van der Waals surface area contributed by atoms with Gasteiger partial charge in [-0.25, -0.2) is 4.79 Å². The van der Waals surface area contributed by atoms with Crippen molar-refractivity contribution in [2.45, 2.75) is 26.7 Å². The van der Waals surface area contributed by atoms with E-state index in [-0.39, 0.29) is 18.2 Å². The molecule has 0 saturated carbocycles. The van der Waals surface area contributed by atoms with E-state index in [0.29, 0.717) is 19.6 Å². The van der Waals surface area contributed by atoms with E-state index in [9.17, 15) is 4.79 Å². The molecule has 0 saturated heterocycles. The molecule has 0 aliphatic carbocycles. The van der Waals surface area contributed by atoms with E-state index < -0.39 is 5.97 Å². The van der Waals surface area contributed by atoms with Crippen molar-refractivity contribution < 1.29 is 19.5 Å². The molecule has 0 radical (unpaired) electrons. The predicted molar refractivity (Wildman–Crippen MR) is 65.3 cm³/mol. The Morgan fingerprint density at radius 3 is 2.82 bits per heavy atom. The molecule has 0 aromatic heterocycles. The van der Waals surface area contributed by atoms with E-state index in [2.05, 4.69) is 11.7 Å². The molecular weight excluding hydrogens is 222 g/mol. The van der Waals surface area contributed by atoms with Crippen LogP contribution in [-0.2, 0) is 14.3 Å². The fourth-order valence-corrected chi connectivity index (χ4v) is 1.26. The van der Waals surface area contributed by atoms with Crippen molar-refractivity contribution in [2.75, 3.05) is 19.8 Å². The second-order valence-corrected chi connectivity index (χ2v) is 3.73. The Kier molecular flexibility index (Phi) is 9.05. The molecule has 1 N–H and O–H groups in total. The Morgan fingerprint density at radius 1 is 1.59 bits per heavy atom. The van der Waals surface area contributed by atoms with Gasteiger partial charge < -0.3 is 14.7 Å². The Morgan fingerprint density at radius 2 is 2.29 bits per heavy atom. The van der Waals surface area contributed by atoms with Crippen molar-refractivity contribution in [3.63, 3.8) is 0 Å². The van der Waals surface area contributed by atoms with Gasteiger partial charge in [0.25, 0.3) is 0 Å². The van der Waals surface area contributed by atoms with Gasteiger partial charge in [-0.05, 0) is 19.3 Å². The summed E-state index contributed by atoms with van der Waals surface area (Å²) in [5.41, 5.74) is 0.0584. The summed E-state index contributed by atoms with van der Waals surface area (Å²) in [5, 5.41) is 11.7. The minimum Gasteiger partial charge on any atom is -0.461 e. The number of ether oxygens (including phenoxy) is 2. The van der Waals surface area contributed by atoms with Crippen LogP contribution in [0.15, 0.2) is 17.8 Å². The lowest BCUT2D eigenvalue weighted by molar-refractivity contribution is -0.135. The van der Waals surface area contributed by atoms with Crippen LogP contribution in [0.1, 0.15) is 26.7 Å². The first kappa shape index (κ1) is 15.6. The molecule has 0 spiro atoms. The normalized spacial score (nSPS) is 13.2. The molecule has 98 valence electrons. The summed E-state index contributed by atoms with van der Waals surface area (Å²) in [6, 6.07) is 0. The lowest BCUT2D eigenvalue weighted by Crippen LogP contribution is -2.20. The van der Waals surface area contributed by atoms with Crippen molar-refractivity contribution in [2.24, 2.45) is 11.1 Å². The first-order chi connectivity index (χ1) is 8.15. The SMILES string of the molecule is C=CCOCC[C@@H](C)C/C(=N\O)C(=O)OCC. The van der Waals surface area contributed by atoms with Crippen LogP contribution in [0.5, 0.6) is 0 Å². The highest BCUT2D eigenvalue weighted by Gasteiger charge is 2.16. The number of hydrogen-bond donors (Lipinski definition) is 1. The summed E-state index contributed by atoms with van der Waals surface area (Å²) in [6.07, 6.45) is 2.85. The largest absolute Gasteiger partial charge is 0.461 e. The van der Waals surface area contributed by atoms with Crippen LogP contribution in [0.3, 0.4) is 0 Å². The predicted octanol–water partition coefficient (Wildman–Crippen LogP) is 2.00. The van der Waals surface area contributed by atoms with E-state index in [1.54, 1.807) is 13.0 Å². The average Bonchev–Trinajstić information content (AvgIpc) is 2.32. The highest BCUT2D eigenvalue weighted by atomic mass is 16.5. The zero-order valence-corrected chi connectivity index (χ0v) is 10.5. The second-order valence-electron chi connectivity index (χ2n) is 3.73. The number of oxime groups is 1. The molecule has 0 aromatic rings. The van der Waals surface area contributed by atoms with Gasteiger partial charge in [0.2, 0.25) is 0 Å². The van der Waals surface area contributed by atoms with E-state index in [0.717, 1.165) is 6.42 Å². The molecule has 0 bridgehead atoms. The number of rotatable bonds is 9. The molecule has 0 aliphatic rings. The summed E-state index contributed by atoms with van der Waals surface area (Å²) in [6.45, 7) is 8.60. The lowest BCUT2D eigenvalue weighted by atomic mass is 10.0. The molecular formula is C12H21NO4. The van der Waals surface area contributed by atoms with Crippen molar-refractivity contribution in [3.8, 4) is 0 Å². The van der Waals surface area contributed by atoms with Crippen LogP contribution in [0.25, 0.3) is 0 Å². The van der Waals surface area contributed by atoms with Crippen LogP contribution in [0.4, 0.5) is 0 Å². The van der Waals surface area contributed by atoms with Crippen LogP contribution >= 0.6 is 0 Å². The van der Waals surface area contributed by atoms with Gasteiger partial charge in [-0.3, -0.25) is 0 Å². The molecule has 0 unspecified atom stereocenters. The summed E-state index contributed by atoms with van der Waals surface area (Å²) >= 11 is 0. The molecule has 0 heterocycles. The zero-order chi connectivity index (χ0) is 13.1. The lowest BCUT2D eigenvalue weighted by Gasteiger charge is -2.11. The van der Waals surface area contributed by atoms with Crippen LogP contribution in [0.2, 0.25) is 0 Å². The molecule has 17 heavy (non-hydrogen) atoms. The highest BCUT2D eigenvalue weighted by Crippen LogP contribution is 2.09. The van der Waals surface area contributed by atoms with Crippen molar-refractivity contribution in [1.82, 2.24) is 0 Å². The molecule has 0 rings (SSSR count). The van der Waals surface area contributed by atoms with Crippen molar-refractivity contribution in [3.05, 3.63) is 12.7 Å². The summed E-state index contributed by atoms with van der Waals surface area (Å²) < 4.78 is 10.0. The van der Waals surface area contributed by atoms with Crippen LogP contribution < -0.4 is 0 Å². The maximum atomic E-state index is 11.3. The fourth-order valence-electron chi connectivity index (χ4n) is 1.26. The Hall–Kier alpha value is -1.36. The summed E-state index contributed by atoms with van der Waals surface area (Å²) in [4.78, 5) is 11.3. The molecule has 5 heteroatoms. The monoisotopic (exact) mass is 243 g/mol. The maximum absolute atomic E-state index is 11.3. The first-order valence-corrected chi connectivity index (χ1v) is 5.72.